The zero-order chi connectivity index (χ0) is 22.7. The maximum Gasteiger partial charge on any atom is 0.324 e. The lowest BCUT2D eigenvalue weighted by Crippen LogP contribution is -2.26. The third-order valence-corrected chi connectivity index (χ3v) is 4.87. The molecule has 0 saturated heterocycles. The van der Waals surface area contributed by atoms with Crippen LogP contribution in [0.2, 0.25) is 0 Å². The second-order valence-electron chi connectivity index (χ2n) is 6.91. The SMILES string of the molecule is Cc1c(NC(=O)Nc2ccccc2[N+](=O)[O-])c(=O)n(-c2ccccc2)n1-c1ccccc1. The van der Waals surface area contributed by atoms with Gasteiger partial charge in [-0.2, -0.15) is 0 Å². The van der Waals surface area contributed by atoms with E-state index in [1.165, 1.54) is 22.9 Å². The summed E-state index contributed by atoms with van der Waals surface area (Å²) in [5.74, 6) is 0. The Labute approximate surface area is 182 Å². The topological polar surface area (TPSA) is 111 Å². The highest BCUT2D eigenvalue weighted by molar-refractivity contribution is 6.01. The van der Waals surface area contributed by atoms with Crippen molar-refractivity contribution in [2.75, 3.05) is 10.6 Å². The summed E-state index contributed by atoms with van der Waals surface area (Å²) in [6.45, 7) is 1.72. The van der Waals surface area contributed by atoms with Crippen LogP contribution in [-0.4, -0.2) is 20.3 Å². The lowest BCUT2D eigenvalue weighted by atomic mass is 10.2. The summed E-state index contributed by atoms with van der Waals surface area (Å²) in [4.78, 5) is 36.6. The molecule has 9 heteroatoms. The van der Waals surface area contributed by atoms with Gasteiger partial charge in [0.1, 0.15) is 11.4 Å². The number of urea groups is 1. The number of nitro groups is 1. The van der Waals surface area contributed by atoms with Gasteiger partial charge < -0.3 is 10.6 Å². The van der Waals surface area contributed by atoms with E-state index in [0.29, 0.717) is 11.4 Å². The summed E-state index contributed by atoms with van der Waals surface area (Å²) in [5, 5.41) is 16.2. The molecule has 0 fully saturated rings. The molecular formula is C23H19N5O4. The first kappa shape index (κ1) is 20.6. The molecule has 0 spiro atoms. The fourth-order valence-electron chi connectivity index (χ4n) is 3.44. The summed E-state index contributed by atoms with van der Waals surface area (Å²) in [7, 11) is 0. The first-order valence-electron chi connectivity index (χ1n) is 9.74. The van der Waals surface area contributed by atoms with Crippen LogP contribution in [0.1, 0.15) is 5.69 Å². The van der Waals surface area contributed by atoms with E-state index in [-0.39, 0.29) is 17.1 Å². The Balaban J connectivity index is 1.76. The first-order chi connectivity index (χ1) is 15.5. The molecule has 4 rings (SSSR count). The molecule has 1 aromatic heterocycles. The minimum atomic E-state index is -0.759. The molecule has 2 N–H and O–H groups in total. The number of carbonyl (C=O) groups excluding carboxylic acids is 1. The molecule has 2 amide bonds. The maximum atomic E-state index is 13.3. The van der Waals surface area contributed by atoms with Crippen molar-refractivity contribution in [3.05, 3.63) is 111 Å². The molecule has 0 aliphatic rings. The molecule has 0 saturated carbocycles. The third kappa shape index (κ3) is 3.86. The number of anilines is 2. The molecular weight excluding hydrogens is 410 g/mol. The quantitative estimate of drug-likeness (QED) is 0.360. The van der Waals surface area contributed by atoms with Crippen LogP contribution in [0, 0.1) is 17.0 Å². The van der Waals surface area contributed by atoms with Crippen molar-refractivity contribution >= 4 is 23.1 Å². The summed E-state index contributed by atoms with van der Waals surface area (Å²) in [6, 6.07) is 23.3. The lowest BCUT2D eigenvalue weighted by Gasteiger charge is -2.13. The minimum Gasteiger partial charge on any atom is -0.302 e. The van der Waals surface area contributed by atoms with Crippen molar-refractivity contribution in [3.63, 3.8) is 0 Å². The molecule has 9 nitrogen and oxygen atoms in total. The summed E-state index contributed by atoms with van der Waals surface area (Å²) >= 11 is 0. The fraction of sp³-hybridized carbons (Fsp3) is 0.0435. The monoisotopic (exact) mass is 429 g/mol. The summed E-state index contributed by atoms with van der Waals surface area (Å²) < 4.78 is 3.17. The predicted octanol–water partition coefficient (Wildman–Crippen LogP) is 4.49. The summed E-state index contributed by atoms with van der Waals surface area (Å²) in [6.07, 6.45) is 0. The smallest absolute Gasteiger partial charge is 0.302 e. The highest BCUT2D eigenvalue weighted by atomic mass is 16.6. The Kier molecular flexibility index (Phi) is 5.54. The van der Waals surface area contributed by atoms with Gasteiger partial charge in [-0.1, -0.05) is 48.5 Å². The van der Waals surface area contributed by atoms with Crippen molar-refractivity contribution in [1.29, 1.82) is 0 Å². The van der Waals surface area contributed by atoms with Crippen LogP contribution < -0.4 is 16.2 Å². The van der Waals surface area contributed by atoms with Crippen LogP contribution in [0.5, 0.6) is 0 Å². The number of aromatic nitrogens is 2. The average molecular weight is 429 g/mol. The highest BCUT2D eigenvalue weighted by Gasteiger charge is 2.22. The van der Waals surface area contributed by atoms with Gasteiger partial charge in [0.25, 0.3) is 11.2 Å². The van der Waals surface area contributed by atoms with Gasteiger partial charge in [-0.15, -0.1) is 0 Å². The van der Waals surface area contributed by atoms with Gasteiger partial charge in [-0.3, -0.25) is 14.9 Å². The van der Waals surface area contributed by atoms with Crippen LogP contribution >= 0.6 is 0 Å². The molecule has 0 radical (unpaired) electrons. The number of nitrogens with zero attached hydrogens (tertiary/aromatic N) is 3. The molecule has 1 heterocycles. The average Bonchev–Trinajstić information content (AvgIpc) is 3.05. The molecule has 0 aliphatic heterocycles. The number of benzene rings is 3. The number of nitrogens with one attached hydrogen (secondary N) is 2. The first-order valence-corrected chi connectivity index (χ1v) is 9.74. The van der Waals surface area contributed by atoms with Gasteiger partial charge in [0.05, 0.1) is 22.0 Å². The van der Waals surface area contributed by atoms with Crippen molar-refractivity contribution in [2.45, 2.75) is 6.92 Å². The van der Waals surface area contributed by atoms with Gasteiger partial charge >= 0.3 is 6.03 Å². The van der Waals surface area contributed by atoms with E-state index in [1.807, 2.05) is 48.5 Å². The maximum absolute atomic E-state index is 13.3. The van der Waals surface area contributed by atoms with E-state index in [2.05, 4.69) is 10.6 Å². The second kappa shape index (κ2) is 8.60. The number of hydrogen-bond donors (Lipinski definition) is 2. The van der Waals surface area contributed by atoms with Crippen LogP contribution in [-0.2, 0) is 0 Å². The van der Waals surface area contributed by atoms with Crippen LogP contribution in [0.4, 0.5) is 21.9 Å². The Morgan fingerprint density at radius 1 is 0.812 bits per heavy atom. The number of hydrogen-bond acceptors (Lipinski definition) is 4. The standard InChI is InChI=1S/C23H19N5O4/c1-16-21(25-23(30)24-19-14-8-9-15-20(19)28(31)32)22(29)27(18-12-6-3-7-13-18)26(16)17-10-4-2-5-11-17/h2-15H,1H3,(H2,24,25,30). The minimum absolute atomic E-state index is 0.0264. The number of rotatable bonds is 5. The largest absolute Gasteiger partial charge is 0.324 e. The van der Waals surface area contributed by atoms with Crippen molar-refractivity contribution < 1.29 is 9.72 Å². The molecule has 160 valence electrons. The van der Waals surface area contributed by atoms with Gasteiger partial charge in [0, 0.05) is 6.07 Å². The fourth-order valence-corrected chi connectivity index (χ4v) is 3.44. The van der Waals surface area contributed by atoms with E-state index in [0.717, 1.165) is 5.69 Å². The third-order valence-electron chi connectivity index (χ3n) is 4.87. The Morgan fingerprint density at radius 2 is 1.34 bits per heavy atom. The lowest BCUT2D eigenvalue weighted by molar-refractivity contribution is -0.383. The zero-order valence-electron chi connectivity index (χ0n) is 17.1. The molecule has 0 atom stereocenters. The molecule has 0 aliphatic carbocycles. The number of carbonyl (C=O) groups is 1. The van der Waals surface area contributed by atoms with Crippen LogP contribution in [0.15, 0.2) is 89.7 Å². The van der Waals surface area contributed by atoms with Gasteiger partial charge in [-0.05, 0) is 37.3 Å². The van der Waals surface area contributed by atoms with Gasteiger partial charge in [0.2, 0.25) is 0 Å². The molecule has 32 heavy (non-hydrogen) atoms. The van der Waals surface area contributed by atoms with E-state index in [4.69, 9.17) is 0 Å². The Bertz CT molecular complexity index is 1340. The highest BCUT2D eigenvalue weighted by Crippen LogP contribution is 2.24. The Hall–Kier alpha value is -4.66. The van der Waals surface area contributed by atoms with E-state index >= 15 is 0 Å². The van der Waals surface area contributed by atoms with E-state index in [9.17, 15) is 19.7 Å². The number of para-hydroxylation sites is 4. The molecule has 0 unspecified atom stereocenters. The molecule has 4 aromatic rings. The van der Waals surface area contributed by atoms with Crippen molar-refractivity contribution in [3.8, 4) is 11.4 Å². The van der Waals surface area contributed by atoms with Crippen molar-refractivity contribution in [1.82, 2.24) is 9.36 Å². The number of amides is 2. The van der Waals surface area contributed by atoms with Gasteiger partial charge in [0.15, 0.2) is 0 Å². The second-order valence-corrected chi connectivity index (χ2v) is 6.91. The Morgan fingerprint density at radius 3 is 1.94 bits per heavy atom. The van der Waals surface area contributed by atoms with E-state index < -0.39 is 16.5 Å². The van der Waals surface area contributed by atoms with Gasteiger partial charge in [-0.25, -0.2) is 14.2 Å². The van der Waals surface area contributed by atoms with Crippen LogP contribution in [0.25, 0.3) is 11.4 Å². The molecule has 3 aromatic carbocycles. The van der Waals surface area contributed by atoms with Crippen molar-refractivity contribution in [2.24, 2.45) is 0 Å². The predicted molar refractivity (Wildman–Crippen MR) is 122 cm³/mol. The van der Waals surface area contributed by atoms with Crippen LogP contribution in [0.3, 0.4) is 0 Å². The number of nitro benzene ring substituents is 1. The summed E-state index contributed by atoms with van der Waals surface area (Å²) in [5.41, 5.74) is 1.27. The normalized spacial score (nSPS) is 10.5. The zero-order valence-corrected chi connectivity index (χ0v) is 17.1. The molecule has 0 bridgehead atoms. The van der Waals surface area contributed by atoms with E-state index in [1.54, 1.807) is 29.8 Å².